The fourth-order valence-electron chi connectivity index (χ4n) is 1.39. The molecule has 0 saturated heterocycles. The predicted molar refractivity (Wildman–Crippen MR) is 63.6 cm³/mol. The maximum Gasteiger partial charge on any atom is -0.00127 e. The van der Waals surface area contributed by atoms with Gasteiger partial charge in [0.15, 0.2) is 0 Å². The van der Waals surface area contributed by atoms with Crippen LogP contribution in [0.15, 0.2) is 0 Å². The molecule has 0 fully saturated rings. The van der Waals surface area contributed by atoms with Crippen LogP contribution in [0.5, 0.6) is 0 Å². The molecule has 0 spiro atoms. The van der Waals surface area contributed by atoms with Gasteiger partial charge in [0, 0.05) is 0 Å². The van der Waals surface area contributed by atoms with Crippen LogP contribution in [0.1, 0.15) is 32.1 Å². The molecule has 0 aliphatic carbocycles. The first-order chi connectivity index (χ1) is 6.77. The highest BCUT2D eigenvalue weighted by atomic mass is 15.0. The summed E-state index contributed by atoms with van der Waals surface area (Å²) in [7, 11) is 4.24. The van der Waals surface area contributed by atoms with Crippen LogP contribution in [0, 0.1) is 0 Å². The molecule has 3 heteroatoms. The largest absolute Gasteiger partial charge is 0.330 e. The minimum Gasteiger partial charge on any atom is -0.330 e. The third-order valence-electron chi connectivity index (χ3n) is 2.27. The fraction of sp³-hybridized carbons (Fsp3) is 1.00. The van der Waals surface area contributed by atoms with E-state index in [9.17, 15) is 0 Å². The lowest BCUT2D eigenvalue weighted by atomic mass is 10.2. The second kappa shape index (κ2) is 11.0. The van der Waals surface area contributed by atoms with Crippen molar-refractivity contribution in [1.29, 1.82) is 0 Å². The Kier molecular flexibility index (Phi) is 10.9. The predicted octanol–water partition coefficient (Wildman–Crippen LogP) is 1.05. The molecular weight excluding hydrogens is 174 g/mol. The number of nitrogens with zero attached hydrogens (tertiary/aromatic N) is 1. The molecule has 0 aliphatic rings. The van der Waals surface area contributed by atoms with Gasteiger partial charge in [-0.3, -0.25) is 0 Å². The van der Waals surface area contributed by atoms with E-state index in [-0.39, 0.29) is 0 Å². The van der Waals surface area contributed by atoms with Crippen LogP contribution in [0.25, 0.3) is 0 Å². The molecule has 0 aromatic carbocycles. The third kappa shape index (κ3) is 11.9. The standard InChI is InChI=1S/C11H27N3/c1-14(2)11-7-10-13-9-6-4-3-5-8-12/h13H,3-12H2,1-2H3. The highest BCUT2D eigenvalue weighted by molar-refractivity contribution is 4.51. The fourth-order valence-corrected chi connectivity index (χ4v) is 1.39. The average Bonchev–Trinajstić information content (AvgIpc) is 2.15. The molecule has 0 saturated carbocycles. The van der Waals surface area contributed by atoms with Crippen LogP contribution in [-0.2, 0) is 0 Å². The molecule has 0 amide bonds. The van der Waals surface area contributed by atoms with Crippen molar-refractivity contribution >= 4 is 0 Å². The minimum atomic E-state index is 0.844. The van der Waals surface area contributed by atoms with Crippen LogP contribution in [0.3, 0.4) is 0 Å². The van der Waals surface area contributed by atoms with E-state index in [1.165, 1.54) is 38.6 Å². The third-order valence-corrected chi connectivity index (χ3v) is 2.27. The summed E-state index contributed by atoms with van der Waals surface area (Å²) in [6.07, 6.45) is 6.33. The molecule has 0 atom stereocenters. The zero-order valence-corrected chi connectivity index (χ0v) is 9.89. The van der Waals surface area contributed by atoms with Gasteiger partial charge in [0.2, 0.25) is 0 Å². The van der Waals surface area contributed by atoms with Crippen LogP contribution >= 0.6 is 0 Å². The Bertz CT molecular complexity index is 105. The first-order valence-corrected chi connectivity index (χ1v) is 5.83. The smallest absolute Gasteiger partial charge is 0.00127 e. The Morgan fingerprint density at radius 1 is 0.929 bits per heavy atom. The normalized spacial score (nSPS) is 11.1. The molecule has 0 aromatic rings. The summed E-state index contributed by atoms with van der Waals surface area (Å²) >= 11 is 0. The molecule has 0 aromatic heterocycles. The summed E-state index contributed by atoms with van der Waals surface area (Å²) in [6.45, 7) is 4.34. The monoisotopic (exact) mass is 201 g/mol. The van der Waals surface area contributed by atoms with Gasteiger partial charge in [-0.2, -0.15) is 0 Å². The maximum absolute atomic E-state index is 5.42. The van der Waals surface area contributed by atoms with Gasteiger partial charge in [0.05, 0.1) is 0 Å². The topological polar surface area (TPSA) is 41.3 Å². The second-order valence-corrected chi connectivity index (χ2v) is 4.11. The quantitative estimate of drug-likeness (QED) is 0.519. The van der Waals surface area contributed by atoms with Crippen molar-refractivity contribution in [2.24, 2.45) is 5.73 Å². The summed E-state index contributed by atoms with van der Waals surface area (Å²) in [6, 6.07) is 0. The lowest BCUT2D eigenvalue weighted by Crippen LogP contribution is -2.22. The van der Waals surface area contributed by atoms with Crippen molar-refractivity contribution in [3.8, 4) is 0 Å². The zero-order valence-electron chi connectivity index (χ0n) is 9.89. The van der Waals surface area contributed by atoms with Crippen molar-refractivity contribution in [3.05, 3.63) is 0 Å². The second-order valence-electron chi connectivity index (χ2n) is 4.11. The van der Waals surface area contributed by atoms with Crippen LogP contribution in [0.2, 0.25) is 0 Å². The molecule has 0 unspecified atom stereocenters. The van der Waals surface area contributed by atoms with Gasteiger partial charge >= 0.3 is 0 Å². The van der Waals surface area contributed by atoms with Crippen molar-refractivity contribution < 1.29 is 0 Å². The van der Waals surface area contributed by atoms with Gasteiger partial charge < -0.3 is 16.0 Å². The van der Waals surface area contributed by atoms with Gasteiger partial charge in [-0.25, -0.2) is 0 Å². The molecule has 14 heavy (non-hydrogen) atoms. The van der Waals surface area contributed by atoms with Crippen molar-refractivity contribution in [2.75, 3.05) is 40.3 Å². The van der Waals surface area contributed by atoms with E-state index in [1.54, 1.807) is 0 Å². The molecule has 0 bridgehead atoms. The van der Waals surface area contributed by atoms with Gasteiger partial charge in [0.1, 0.15) is 0 Å². The summed E-state index contributed by atoms with van der Waals surface area (Å²) < 4.78 is 0. The van der Waals surface area contributed by atoms with E-state index in [0.717, 1.165) is 19.6 Å². The molecule has 0 heterocycles. The lowest BCUT2D eigenvalue weighted by Gasteiger charge is -2.09. The number of unbranched alkanes of at least 4 members (excludes halogenated alkanes) is 3. The summed E-state index contributed by atoms with van der Waals surface area (Å²) in [5, 5.41) is 3.46. The summed E-state index contributed by atoms with van der Waals surface area (Å²) in [5.41, 5.74) is 5.42. The Balaban J connectivity index is 2.85. The molecule has 3 nitrogen and oxygen atoms in total. The Morgan fingerprint density at radius 2 is 1.57 bits per heavy atom. The van der Waals surface area contributed by atoms with E-state index < -0.39 is 0 Å². The van der Waals surface area contributed by atoms with E-state index in [0.29, 0.717) is 0 Å². The van der Waals surface area contributed by atoms with E-state index >= 15 is 0 Å². The van der Waals surface area contributed by atoms with Crippen molar-refractivity contribution in [3.63, 3.8) is 0 Å². The van der Waals surface area contributed by atoms with E-state index in [1.807, 2.05) is 0 Å². The minimum absolute atomic E-state index is 0.844. The maximum atomic E-state index is 5.42. The number of nitrogens with two attached hydrogens (primary N) is 1. The van der Waals surface area contributed by atoms with Crippen LogP contribution in [0.4, 0.5) is 0 Å². The highest BCUT2D eigenvalue weighted by Gasteiger charge is 1.91. The first-order valence-electron chi connectivity index (χ1n) is 5.83. The van der Waals surface area contributed by atoms with E-state index in [4.69, 9.17) is 5.73 Å². The molecule has 0 rings (SSSR count). The number of hydrogen-bond donors (Lipinski definition) is 2. The molecule has 86 valence electrons. The first kappa shape index (κ1) is 13.9. The Hall–Kier alpha value is -0.120. The lowest BCUT2D eigenvalue weighted by molar-refractivity contribution is 0.394. The molecular formula is C11H27N3. The Morgan fingerprint density at radius 3 is 2.21 bits per heavy atom. The van der Waals surface area contributed by atoms with Gasteiger partial charge in [-0.05, 0) is 59.5 Å². The SMILES string of the molecule is CN(C)CCCNCCCCCCN. The highest BCUT2D eigenvalue weighted by Crippen LogP contribution is 1.96. The van der Waals surface area contributed by atoms with Crippen molar-refractivity contribution in [2.45, 2.75) is 32.1 Å². The van der Waals surface area contributed by atoms with Crippen LogP contribution < -0.4 is 11.1 Å². The van der Waals surface area contributed by atoms with Gasteiger partial charge in [0.25, 0.3) is 0 Å². The molecule has 3 N–H and O–H groups in total. The Labute approximate surface area is 89.0 Å². The summed E-state index contributed by atoms with van der Waals surface area (Å²) in [4.78, 5) is 2.23. The number of hydrogen-bond acceptors (Lipinski definition) is 3. The van der Waals surface area contributed by atoms with Gasteiger partial charge in [-0.1, -0.05) is 12.8 Å². The molecule has 0 aliphatic heterocycles. The van der Waals surface area contributed by atoms with Gasteiger partial charge in [-0.15, -0.1) is 0 Å². The van der Waals surface area contributed by atoms with Crippen LogP contribution in [-0.4, -0.2) is 45.2 Å². The average molecular weight is 201 g/mol. The zero-order chi connectivity index (χ0) is 10.6. The van der Waals surface area contributed by atoms with Crippen molar-refractivity contribution in [1.82, 2.24) is 10.2 Å². The number of rotatable bonds is 10. The number of nitrogens with one attached hydrogen (secondary N) is 1. The molecule has 0 radical (unpaired) electrons. The summed E-state index contributed by atoms with van der Waals surface area (Å²) in [5.74, 6) is 0. The van der Waals surface area contributed by atoms with E-state index in [2.05, 4.69) is 24.3 Å².